The van der Waals surface area contributed by atoms with Gasteiger partial charge in [0.15, 0.2) is 11.5 Å². The second kappa shape index (κ2) is 12.6. The molecule has 3 aromatic rings. The number of benzene rings is 3. The summed E-state index contributed by atoms with van der Waals surface area (Å²) in [4.78, 5) is 18.5. The number of phosphoric ester groups is 1. The molecule has 0 aromatic heterocycles. The van der Waals surface area contributed by atoms with Crippen LogP contribution in [0.25, 0.3) is 11.1 Å². The largest absolute Gasteiger partial charge is 0.524 e. The van der Waals surface area contributed by atoms with Crippen LogP contribution in [0.15, 0.2) is 66.7 Å². The van der Waals surface area contributed by atoms with E-state index in [2.05, 4.69) is 24.3 Å². The lowest BCUT2D eigenvalue weighted by molar-refractivity contribution is 0.277. The van der Waals surface area contributed by atoms with Gasteiger partial charge in [-0.2, -0.15) is 0 Å². The van der Waals surface area contributed by atoms with Crippen molar-refractivity contribution in [2.45, 2.75) is 57.8 Å². The highest BCUT2D eigenvalue weighted by molar-refractivity contribution is 7.46. The fourth-order valence-electron chi connectivity index (χ4n) is 4.14. The summed E-state index contributed by atoms with van der Waals surface area (Å²) in [7, 11) is -4.93. The van der Waals surface area contributed by atoms with Crippen molar-refractivity contribution in [3.63, 3.8) is 0 Å². The van der Waals surface area contributed by atoms with Crippen molar-refractivity contribution in [1.29, 1.82) is 0 Å². The maximum absolute atomic E-state index is 11.4. The van der Waals surface area contributed by atoms with E-state index in [0.717, 1.165) is 32.1 Å². The number of hydrogen-bond acceptors (Lipinski definition) is 4. The fraction of sp³-hybridized carbons (Fsp3) is 0.333. The highest BCUT2D eigenvalue weighted by Crippen LogP contribution is 2.51. The molecule has 0 saturated carbocycles. The molecule has 0 atom stereocenters. The zero-order valence-corrected chi connectivity index (χ0v) is 20.2. The molecule has 0 aliphatic rings. The summed E-state index contributed by atoms with van der Waals surface area (Å²) in [5.41, 5.74) is 2.49. The number of aromatic hydroxyl groups is 2. The minimum absolute atomic E-state index is 0.0809. The van der Waals surface area contributed by atoms with Crippen LogP contribution in [0.3, 0.4) is 0 Å². The molecule has 0 unspecified atom stereocenters. The van der Waals surface area contributed by atoms with Gasteiger partial charge in [0, 0.05) is 0 Å². The molecule has 4 N–H and O–H groups in total. The Morgan fingerprint density at radius 1 is 0.706 bits per heavy atom. The van der Waals surface area contributed by atoms with Crippen molar-refractivity contribution in [1.82, 2.24) is 0 Å². The first-order valence-electron chi connectivity index (χ1n) is 11.8. The minimum Gasteiger partial charge on any atom is -0.507 e. The maximum atomic E-state index is 11.4. The molecule has 0 fully saturated rings. The van der Waals surface area contributed by atoms with Crippen LogP contribution in [0.1, 0.15) is 56.1 Å². The topological polar surface area (TPSA) is 107 Å². The molecule has 0 amide bonds. The van der Waals surface area contributed by atoms with Crippen molar-refractivity contribution >= 4 is 7.82 Å². The average molecular weight is 485 g/mol. The second-order valence-electron chi connectivity index (χ2n) is 8.52. The SMILES string of the molecule is O=P(O)(O)Oc1c(O)cc(CCCCCCCCCc2ccccc2)c(O)c1-c1ccccc1. The van der Waals surface area contributed by atoms with Gasteiger partial charge in [-0.15, -0.1) is 0 Å². The van der Waals surface area contributed by atoms with Crippen molar-refractivity contribution < 1.29 is 29.1 Å². The number of rotatable bonds is 13. The molecule has 0 bridgehead atoms. The lowest BCUT2D eigenvalue weighted by Gasteiger charge is -2.18. The van der Waals surface area contributed by atoms with Crippen LogP contribution in [0, 0.1) is 0 Å². The van der Waals surface area contributed by atoms with Crippen LogP contribution in [-0.4, -0.2) is 20.0 Å². The van der Waals surface area contributed by atoms with Gasteiger partial charge in [-0.05, 0) is 48.4 Å². The maximum Gasteiger partial charge on any atom is 0.524 e. The Morgan fingerprint density at radius 2 is 1.24 bits per heavy atom. The van der Waals surface area contributed by atoms with Crippen molar-refractivity contribution in [2.24, 2.45) is 0 Å². The lowest BCUT2D eigenvalue weighted by atomic mass is 9.96. The van der Waals surface area contributed by atoms with Crippen molar-refractivity contribution in [3.05, 3.63) is 77.9 Å². The Morgan fingerprint density at radius 3 is 1.82 bits per heavy atom. The molecule has 0 saturated heterocycles. The van der Waals surface area contributed by atoms with Gasteiger partial charge in [0.05, 0.1) is 5.56 Å². The van der Waals surface area contributed by atoms with Crippen LogP contribution in [-0.2, 0) is 17.4 Å². The predicted octanol–water partition coefficient (Wildman–Crippen LogP) is 6.75. The Hall–Kier alpha value is -2.79. The molecular weight excluding hydrogens is 451 g/mol. The van der Waals surface area contributed by atoms with Gasteiger partial charge in [0.1, 0.15) is 5.75 Å². The molecule has 6 nitrogen and oxygen atoms in total. The van der Waals surface area contributed by atoms with Gasteiger partial charge in [-0.3, -0.25) is 9.79 Å². The van der Waals surface area contributed by atoms with Gasteiger partial charge < -0.3 is 14.7 Å². The number of phosphoric acid groups is 1. The minimum atomic E-state index is -4.93. The third kappa shape index (κ3) is 7.91. The first-order chi connectivity index (χ1) is 16.3. The molecule has 0 aliphatic heterocycles. The smallest absolute Gasteiger partial charge is 0.507 e. The third-order valence-electron chi connectivity index (χ3n) is 5.84. The van der Waals surface area contributed by atoms with Crippen molar-refractivity contribution in [2.75, 3.05) is 0 Å². The summed E-state index contributed by atoms with van der Waals surface area (Å²) in [6.45, 7) is 0. The van der Waals surface area contributed by atoms with E-state index in [-0.39, 0.29) is 11.3 Å². The van der Waals surface area contributed by atoms with Crippen LogP contribution in [0.2, 0.25) is 0 Å². The summed E-state index contributed by atoms with van der Waals surface area (Å²) in [6.07, 6.45) is 9.38. The molecule has 3 rings (SSSR count). The average Bonchev–Trinajstić information content (AvgIpc) is 2.81. The highest BCUT2D eigenvalue weighted by Gasteiger charge is 2.26. The molecule has 3 aromatic carbocycles. The van der Waals surface area contributed by atoms with E-state index < -0.39 is 19.3 Å². The Kier molecular flexibility index (Phi) is 9.58. The van der Waals surface area contributed by atoms with E-state index in [1.165, 1.54) is 30.9 Å². The van der Waals surface area contributed by atoms with E-state index >= 15 is 0 Å². The molecule has 0 spiro atoms. The van der Waals surface area contributed by atoms with E-state index in [1.807, 2.05) is 6.07 Å². The highest BCUT2D eigenvalue weighted by atomic mass is 31.2. The van der Waals surface area contributed by atoms with Gasteiger partial charge in [0.25, 0.3) is 0 Å². The number of phenolic OH excluding ortho intramolecular Hbond substituents is 2. The van der Waals surface area contributed by atoms with Crippen LogP contribution >= 0.6 is 7.82 Å². The zero-order chi connectivity index (χ0) is 24.4. The van der Waals surface area contributed by atoms with Gasteiger partial charge in [-0.1, -0.05) is 92.8 Å². The summed E-state index contributed by atoms with van der Waals surface area (Å²) in [6, 6.07) is 20.5. The normalized spacial score (nSPS) is 11.5. The van der Waals surface area contributed by atoms with Crippen molar-refractivity contribution in [3.8, 4) is 28.4 Å². The van der Waals surface area contributed by atoms with Crippen LogP contribution in [0.4, 0.5) is 0 Å². The zero-order valence-electron chi connectivity index (χ0n) is 19.3. The molecule has 0 aliphatic carbocycles. The molecule has 0 heterocycles. The van der Waals surface area contributed by atoms with E-state index in [9.17, 15) is 24.6 Å². The molecule has 7 heteroatoms. The van der Waals surface area contributed by atoms with E-state index in [1.54, 1.807) is 30.3 Å². The van der Waals surface area contributed by atoms with Gasteiger partial charge in [0.2, 0.25) is 0 Å². The molecular formula is C27H33O6P. The second-order valence-corrected chi connectivity index (χ2v) is 9.68. The number of unbranched alkanes of at least 4 members (excludes halogenated alkanes) is 6. The molecule has 182 valence electrons. The Bertz CT molecular complexity index is 1080. The summed E-state index contributed by atoms with van der Waals surface area (Å²) < 4.78 is 16.2. The summed E-state index contributed by atoms with van der Waals surface area (Å²) in [5.74, 6) is -0.960. The number of phenols is 2. The number of aryl methyl sites for hydroxylation is 2. The quantitative estimate of drug-likeness (QED) is 0.121. The molecule has 0 radical (unpaired) electrons. The Labute approximate surface area is 201 Å². The first kappa shape index (κ1) is 25.8. The number of hydrogen-bond donors (Lipinski definition) is 4. The van der Waals surface area contributed by atoms with Crippen LogP contribution in [0.5, 0.6) is 17.2 Å². The monoisotopic (exact) mass is 484 g/mol. The van der Waals surface area contributed by atoms with E-state index in [0.29, 0.717) is 17.5 Å². The third-order valence-corrected chi connectivity index (χ3v) is 6.26. The lowest BCUT2D eigenvalue weighted by Crippen LogP contribution is -1.97. The van der Waals surface area contributed by atoms with Crippen LogP contribution < -0.4 is 4.52 Å². The van der Waals surface area contributed by atoms with Gasteiger partial charge >= 0.3 is 7.82 Å². The summed E-state index contributed by atoms with van der Waals surface area (Å²) in [5, 5.41) is 21.3. The fourth-order valence-corrected chi connectivity index (χ4v) is 4.57. The predicted molar refractivity (Wildman–Crippen MR) is 134 cm³/mol. The first-order valence-corrected chi connectivity index (χ1v) is 13.3. The molecule has 34 heavy (non-hydrogen) atoms. The van der Waals surface area contributed by atoms with E-state index in [4.69, 9.17) is 4.52 Å². The standard InChI is InChI=1S/C27H33O6P/c28-24-20-23(19-11-5-3-1-2-4-8-14-21-15-9-6-10-16-21)26(29)25(22-17-12-7-13-18-22)27(24)33-34(30,31)32/h6-7,9-10,12-13,15-18,20,28-29H,1-5,8,11,14,19H2,(H2,30,31,32). The Balaban J connectivity index is 1.52. The van der Waals surface area contributed by atoms with Gasteiger partial charge in [-0.25, -0.2) is 4.57 Å². The summed E-state index contributed by atoms with van der Waals surface area (Å²) >= 11 is 0.